The number of nitrogens with two attached hydrogens (primary N) is 1. The lowest BCUT2D eigenvalue weighted by atomic mass is 10.0. The van der Waals surface area contributed by atoms with Gasteiger partial charge in [0.15, 0.2) is 0 Å². The van der Waals surface area contributed by atoms with Crippen LogP contribution in [0, 0.1) is 5.92 Å². The molecule has 4 N–H and O–H groups in total. The maximum absolute atomic E-state index is 8.96. The zero-order chi connectivity index (χ0) is 13.0. The van der Waals surface area contributed by atoms with E-state index >= 15 is 0 Å². The van der Waals surface area contributed by atoms with E-state index in [0.717, 1.165) is 31.0 Å². The summed E-state index contributed by atoms with van der Waals surface area (Å²) in [4.78, 5) is 8.76. The highest BCUT2D eigenvalue weighted by Crippen LogP contribution is 2.38. The maximum atomic E-state index is 8.96. The van der Waals surface area contributed by atoms with E-state index < -0.39 is 0 Å². The number of aliphatic hydroxyl groups is 1. The Kier molecular flexibility index (Phi) is 4.36. The molecule has 100 valence electrons. The predicted molar refractivity (Wildman–Crippen MR) is 72.4 cm³/mol. The number of nitrogens with zero attached hydrogens (tertiary/aromatic N) is 2. The van der Waals surface area contributed by atoms with Crippen molar-refractivity contribution in [3.05, 3.63) is 11.9 Å². The average molecular weight is 250 g/mol. The number of nitrogens with one attached hydrogen (secondary N) is 1. The smallest absolute Gasteiger partial charge is 0.136 e. The standard InChI is InChI=1S/C13H22N4O/c1-2-9(5-6-18)8-15-12-7-11(14)16-13(17-12)10-3-4-10/h7,9-10,18H,2-6,8H2,1H3,(H3,14,15,16,17). The van der Waals surface area contributed by atoms with E-state index in [9.17, 15) is 0 Å². The lowest BCUT2D eigenvalue weighted by molar-refractivity contribution is 0.258. The van der Waals surface area contributed by atoms with Gasteiger partial charge in [-0.2, -0.15) is 0 Å². The van der Waals surface area contributed by atoms with Crippen molar-refractivity contribution in [2.75, 3.05) is 24.2 Å². The van der Waals surface area contributed by atoms with Gasteiger partial charge in [0.2, 0.25) is 0 Å². The summed E-state index contributed by atoms with van der Waals surface area (Å²) in [6.07, 6.45) is 4.21. The molecule has 0 aromatic carbocycles. The van der Waals surface area contributed by atoms with Crippen LogP contribution in [0.15, 0.2) is 6.07 Å². The molecule has 1 aliphatic rings. The average Bonchev–Trinajstić information content (AvgIpc) is 3.18. The number of aromatic nitrogens is 2. The van der Waals surface area contributed by atoms with E-state index in [0.29, 0.717) is 17.7 Å². The fourth-order valence-corrected chi connectivity index (χ4v) is 1.98. The van der Waals surface area contributed by atoms with Crippen molar-refractivity contribution in [1.82, 2.24) is 9.97 Å². The summed E-state index contributed by atoms with van der Waals surface area (Å²) in [7, 11) is 0. The molecule has 1 aromatic rings. The van der Waals surface area contributed by atoms with Gasteiger partial charge in [-0.05, 0) is 25.2 Å². The molecule has 1 aliphatic carbocycles. The summed E-state index contributed by atoms with van der Waals surface area (Å²) in [5.74, 6) is 3.18. The third-order valence-electron chi connectivity index (χ3n) is 3.39. The second kappa shape index (κ2) is 6.00. The summed E-state index contributed by atoms with van der Waals surface area (Å²) < 4.78 is 0. The summed E-state index contributed by atoms with van der Waals surface area (Å²) in [5.41, 5.74) is 5.79. The van der Waals surface area contributed by atoms with Gasteiger partial charge >= 0.3 is 0 Å². The highest BCUT2D eigenvalue weighted by Gasteiger charge is 2.27. The minimum absolute atomic E-state index is 0.236. The van der Waals surface area contributed by atoms with Crippen molar-refractivity contribution in [3.8, 4) is 0 Å². The molecular weight excluding hydrogens is 228 g/mol. The van der Waals surface area contributed by atoms with Crippen LogP contribution < -0.4 is 11.1 Å². The third-order valence-corrected chi connectivity index (χ3v) is 3.39. The maximum Gasteiger partial charge on any atom is 0.136 e. The lowest BCUT2D eigenvalue weighted by Crippen LogP contribution is -2.16. The first kappa shape index (κ1) is 13.1. The van der Waals surface area contributed by atoms with Crippen LogP contribution in [0.1, 0.15) is 44.3 Å². The van der Waals surface area contributed by atoms with Gasteiger partial charge in [0.05, 0.1) is 0 Å². The molecule has 1 atom stereocenters. The fourth-order valence-electron chi connectivity index (χ4n) is 1.98. The van der Waals surface area contributed by atoms with Crippen LogP contribution in [0.5, 0.6) is 0 Å². The molecule has 0 spiro atoms. The number of anilines is 2. The first-order chi connectivity index (χ1) is 8.72. The molecular formula is C13H22N4O. The monoisotopic (exact) mass is 250 g/mol. The minimum atomic E-state index is 0.236. The van der Waals surface area contributed by atoms with Crippen LogP contribution in [0.25, 0.3) is 0 Å². The first-order valence-electron chi connectivity index (χ1n) is 6.72. The highest BCUT2D eigenvalue weighted by molar-refractivity contribution is 5.45. The second-order valence-corrected chi connectivity index (χ2v) is 4.98. The molecule has 1 unspecified atom stereocenters. The fraction of sp³-hybridized carbons (Fsp3) is 0.692. The van der Waals surface area contributed by atoms with Crippen LogP contribution in [0.4, 0.5) is 11.6 Å². The molecule has 0 amide bonds. The molecule has 18 heavy (non-hydrogen) atoms. The van der Waals surface area contributed by atoms with E-state index in [1.54, 1.807) is 6.07 Å². The summed E-state index contributed by atoms with van der Waals surface area (Å²) in [6, 6.07) is 1.78. The number of rotatable bonds is 7. The van der Waals surface area contributed by atoms with Crippen LogP contribution >= 0.6 is 0 Å². The van der Waals surface area contributed by atoms with E-state index in [-0.39, 0.29) is 6.61 Å². The number of hydrogen-bond donors (Lipinski definition) is 3. The third kappa shape index (κ3) is 3.57. The molecule has 1 fully saturated rings. The quantitative estimate of drug-likeness (QED) is 0.686. The Labute approximate surface area is 108 Å². The Balaban J connectivity index is 1.95. The molecule has 0 saturated heterocycles. The van der Waals surface area contributed by atoms with Crippen molar-refractivity contribution >= 4 is 11.6 Å². The zero-order valence-electron chi connectivity index (χ0n) is 10.9. The normalized spacial score (nSPS) is 16.6. The topological polar surface area (TPSA) is 84.1 Å². The van der Waals surface area contributed by atoms with Gasteiger partial charge in [0, 0.05) is 25.1 Å². The highest BCUT2D eigenvalue weighted by atomic mass is 16.3. The van der Waals surface area contributed by atoms with Crippen LogP contribution in [-0.4, -0.2) is 28.2 Å². The van der Waals surface area contributed by atoms with E-state index in [4.69, 9.17) is 10.8 Å². The molecule has 1 saturated carbocycles. The van der Waals surface area contributed by atoms with Crippen LogP contribution in [0.2, 0.25) is 0 Å². The van der Waals surface area contributed by atoms with Crippen molar-refractivity contribution in [2.24, 2.45) is 5.92 Å². The molecule has 0 radical (unpaired) electrons. The van der Waals surface area contributed by atoms with Gasteiger partial charge in [0.1, 0.15) is 17.5 Å². The Morgan fingerprint density at radius 1 is 1.50 bits per heavy atom. The molecule has 2 rings (SSSR count). The van der Waals surface area contributed by atoms with E-state index in [1.165, 1.54) is 12.8 Å². The zero-order valence-corrected chi connectivity index (χ0v) is 10.9. The Morgan fingerprint density at radius 2 is 2.28 bits per heavy atom. The molecule has 5 heteroatoms. The van der Waals surface area contributed by atoms with Gasteiger partial charge in [-0.25, -0.2) is 9.97 Å². The van der Waals surface area contributed by atoms with Crippen molar-refractivity contribution in [3.63, 3.8) is 0 Å². The van der Waals surface area contributed by atoms with Gasteiger partial charge < -0.3 is 16.2 Å². The van der Waals surface area contributed by atoms with Crippen molar-refractivity contribution in [1.29, 1.82) is 0 Å². The Hall–Kier alpha value is -1.36. The number of hydrogen-bond acceptors (Lipinski definition) is 5. The largest absolute Gasteiger partial charge is 0.396 e. The van der Waals surface area contributed by atoms with Crippen LogP contribution in [-0.2, 0) is 0 Å². The predicted octanol–water partition coefficient (Wildman–Crippen LogP) is 1.76. The second-order valence-electron chi connectivity index (χ2n) is 4.98. The first-order valence-corrected chi connectivity index (χ1v) is 6.72. The number of aliphatic hydroxyl groups excluding tert-OH is 1. The van der Waals surface area contributed by atoms with Gasteiger partial charge in [-0.15, -0.1) is 0 Å². The van der Waals surface area contributed by atoms with Gasteiger partial charge in [-0.3, -0.25) is 0 Å². The van der Waals surface area contributed by atoms with Crippen molar-refractivity contribution < 1.29 is 5.11 Å². The summed E-state index contributed by atoms with van der Waals surface area (Å²) in [5, 5.41) is 12.3. The molecule has 5 nitrogen and oxygen atoms in total. The van der Waals surface area contributed by atoms with Crippen LogP contribution in [0.3, 0.4) is 0 Å². The number of nitrogen functional groups attached to an aromatic ring is 1. The molecule has 1 aromatic heterocycles. The summed E-state index contributed by atoms with van der Waals surface area (Å²) in [6.45, 7) is 3.18. The Morgan fingerprint density at radius 3 is 2.89 bits per heavy atom. The lowest BCUT2D eigenvalue weighted by Gasteiger charge is -2.15. The van der Waals surface area contributed by atoms with E-state index in [2.05, 4.69) is 22.2 Å². The van der Waals surface area contributed by atoms with Gasteiger partial charge in [-0.1, -0.05) is 13.3 Å². The van der Waals surface area contributed by atoms with E-state index in [1.807, 2.05) is 0 Å². The minimum Gasteiger partial charge on any atom is -0.396 e. The molecule has 0 bridgehead atoms. The Bertz CT molecular complexity index is 393. The molecule has 1 heterocycles. The molecule has 0 aliphatic heterocycles. The SMILES string of the molecule is CCC(CCO)CNc1cc(N)nc(C2CC2)n1. The summed E-state index contributed by atoms with van der Waals surface area (Å²) >= 11 is 0. The van der Waals surface area contributed by atoms with Crippen molar-refractivity contribution in [2.45, 2.75) is 38.5 Å². The van der Waals surface area contributed by atoms with Gasteiger partial charge in [0.25, 0.3) is 0 Å².